The van der Waals surface area contributed by atoms with Gasteiger partial charge in [-0.1, -0.05) is 20.8 Å². The fraction of sp³-hybridized carbons (Fsp3) is 0.800. The van der Waals surface area contributed by atoms with E-state index in [1.165, 1.54) is 11.9 Å². The fourth-order valence-corrected chi connectivity index (χ4v) is 7.13. The van der Waals surface area contributed by atoms with Gasteiger partial charge in [-0.15, -0.1) is 0 Å². The molecule has 3 rings (SSSR count). The van der Waals surface area contributed by atoms with E-state index in [4.69, 9.17) is 4.74 Å². The van der Waals surface area contributed by atoms with Crippen LogP contribution in [-0.2, 0) is 29.0 Å². The standard InChI is InChI=1S/C20H31N3O7S/c1-13-7-19(2,3)12-20(8-13)17(26)23(18(27)21-20)9-16(25)30-10-15(24)22(4)14-5-6-31(28,29)11-14/h13-14H,5-12H2,1-4H3,(H,21,27)/t13-,14+,20-/m0/s1. The lowest BCUT2D eigenvalue weighted by molar-refractivity contribution is -0.154. The molecule has 4 amide bonds. The average molecular weight is 458 g/mol. The summed E-state index contributed by atoms with van der Waals surface area (Å²) >= 11 is 0. The molecule has 1 saturated carbocycles. The number of rotatable bonds is 5. The highest BCUT2D eigenvalue weighted by Crippen LogP contribution is 2.46. The van der Waals surface area contributed by atoms with Gasteiger partial charge < -0.3 is 15.0 Å². The van der Waals surface area contributed by atoms with E-state index < -0.39 is 58.4 Å². The average Bonchev–Trinajstić information content (AvgIpc) is 3.09. The molecule has 0 bridgehead atoms. The highest BCUT2D eigenvalue weighted by atomic mass is 32.2. The second-order valence-corrected chi connectivity index (χ2v) is 12.2. The lowest BCUT2D eigenvalue weighted by atomic mass is 9.64. The highest BCUT2D eigenvalue weighted by molar-refractivity contribution is 7.91. The molecule has 0 radical (unpaired) electrons. The number of hydrogen-bond acceptors (Lipinski definition) is 7. The summed E-state index contributed by atoms with van der Waals surface area (Å²) in [5, 5.41) is 2.79. The van der Waals surface area contributed by atoms with Gasteiger partial charge in [0, 0.05) is 13.1 Å². The third-order valence-corrected chi connectivity index (χ3v) is 8.17. The van der Waals surface area contributed by atoms with E-state index in [2.05, 4.69) is 19.2 Å². The molecule has 2 saturated heterocycles. The first-order chi connectivity index (χ1) is 14.2. The molecule has 2 heterocycles. The maximum Gasteiger partial charge on any atom is 0.326 e. The molecule has 0 aromatic rings. The van der Waals surface area contributed by atoms with Crippen LogP contribution in [0.25, 0.3) is 0 Å². The minimum Gasteiger partial charge on any atom is -0.454 e. The number of hydrogen-bond donors (Lipinski definition) is 1. The monoisotopic (exact) mass is 457 g/mol. The zero-order valence-electron chi connectivity index (χ0n) is 18.5. The minimum atomic E-state index is -3.15. The molecule has 1 spiro atoms. The molecule has 3 atom stereocenters. The van der Waals surface area contributed by atoms with Gasteiger partial charge in [-0.25, -0.2) is 13.2 Å². The van der Waals surface area contributed by atoms with Gasteiger partial charge >= 0.3 is 12.0 Å². The van der Waals surface area contributed by atoms with Gasteiger partial charge in [-0.3, -0.25) is 19.3 Å². The van der Waals surface area contributed by atoms with Crippen LogP contribution in [0.4, 0.5) is 4.79 Å². The Hall–Kier alpha value is -2.17. The number of ether oxygens (including phenoxy) is 1. The summed E-state index contributed by atoms with van der Waals surface area (Å²) < 4.78 is 28.1. The summed E-state index contributed by atoms with van der Waals surface area (Å²) in [5.41, 5.74) is -1.13. The van der Waals surface area contributed by atoms with Crippen LogP contribution in [-0.4, -0.2) is 85.3 Å². The number of nitrogens with one attached hydrogen (secondary N) is 1. The summed E-state index contributed by atoms with van der Waals surface area (Å²) in [5.74, 6) is -1.68. The number of nitrogens with zero attached hydrogens (tertiary/aromatic N) is 2. The van der Waals surface area contributed by atoms with Crippen LogP contribution in [0.2, 0.25) is 0 Å². The Labute approximate surface area is 182 Å². The van der Waals surface area contributed by atoms with Crippen molar-refractivity contribution >= 4 is 33.7 Å². The van der Waals surface area contributed by atoms with E-state index in [0.29, 0.717) is 19.3 Å². The highest BCUT2D eigenvalue weighted by Gasteiger charge is 2.56. The molecule has 0 aromatic carbocycles. The second-order valence-electron chi connectivity index (χ2n) is 9.98. The number of carbonyl (C=O) groups excluding carboxylic acids is 4. The van der Waals surface area contributed by atoms with E-state index >= 15 is 0 Å². The van der Waals surface area contributed by atoms with E-state index in [1.807, 2.05) is 6.92 Å². The van der Waals surface area contributed by atoms with Crippen molar-refractivity contribution in [2.45, 2.75) is 58.0 Å². The number of urea groups is 1. The predicted molar refractivity (Wildman–Crippen MR) is 111 cm³/mol. The van der Waals surface area contributed by atoms with Gasteiger partial charge in [0.05, 0.1) is 11.5 Å². The number of carbonyl (C=O) groups is 4. The van der Waals surface area contributed by atoms with Crippen LogP contribution in [0.15, 0.2) is 0 Å². The zero-order chi connectivity index (χ0) is 23.2. The van der Waals surface area contributed by atoms with Gasteiger partial charge in [0.15, 0.2) is 16.4 Å². The first-order valence-corrected chi connectivity index (χ1v) is 12.3. The number of esters is 1. The Kier molecular flexibility index (Phi) is 6.11. The molecule has 11 heteroatoms. The summed E-state index contributed by atoms with van der Waals surface area (Å²) in [4.78, 5) is 52.1. The van der Waals surface area contributed by atoms with Crippen molar-refractivity contribution in [3.8, 4) is 0 Å². The maximum atomic E-state index is 13.0. The van der Waals surface area contributed by atoms with Crippen molar-refractivity contribution < 1.29 is 32.3 Å². The molecule has 1 aliphatic carbocycles. The van der Waals surface area contributed by atoms with Crippen molar-refractivity contribution in [1.82, 2.24) is 15.1 Å². The van der Waals surface area contributed by atoms with Gasteiger partial charge in [-0.2, -0.15) is 0 Å². The quantitative estimate of drug-likeness (QED) is 0.464. The SMILES string of the molecule is C[C@H]1CC(C)(C)C[C@]2(C1)NC(=O)N(CC(=O)OCC(=O)N(C)[C@@H]1CCS(=O)(=O)C1)C2=O. The van der Waals surface area contributed by atoms with Crippen molar-refractivity contribution in [2.75, 3.05) is 31.7 Å². The molecule has 2 aliphatic heterocycles. The Morgan fingerprint density at radius 3 is 2.52 bits per heavy atom. The Morgan fingerprint density at radius 1 is 1.26 bits per heavy atom. The third-order valence-electron chi connectivity index (χ3n) is 6.42. The second kappa shape index (κ2) is 8.07. The topological polar surface area (TPSA) is 130 Å². The maximum absolute atomic E-state index is 13.0. The molecular formula is C20H31N3O7S. The van der Waals surface area contributed by atoms with Crippen molar-refractivity contribution in [2.24, 2.45) is 11.3 Å². The first kappa shape index (κ1) is 23.5. The third kappa shape index (κ3) is 5.02. The molecule has 1 N–H and O–H groups in total. The van der Waals surface area contributed by atoms with Gasteiger partial charge in [0.1, 0.15) is 12.1 Å². The summed E-state index contributed by atoms with van der Waals surface area (Å²) in [7, 11) is -1.68. The molecule has 0 unspecified atom stereocenters. The van der Waals surface area contributed by atoms with Crippen LogP contribution >= 0.6 is 0 Å². The van der Waals surface area contributed by atoms with Crippen LogP contribution in [0.1, 0.15) is 46.5 Å². The lowest BCUT2D eigenvalue weighted by Crippen LogP contribution is -2.54. The van der Waals surface area contributed by atoms with Gasteiger partial charge in [-0.05, 0) is 37.0 Å². The van der Waals surface area contributed by atoms with Crippen LogP contribution < -0.4 is 5.32 Å². The van der Waals surface area contributed by atoms with E-state index in [-0.39, 0.29) is 22.8 Å². The van der Waals surface area contributed by atoms with Gasteiger partial charge in [0.2, 0.25) is 0 Å². The summed E-state index contributed by atoms with van der Waals surface area (Å²) in [6.45, 7) is 4.99. The molecule has 3 aliphatic rings. The van der Waals surface area contributed by atoms with E-state index in [1.54, 1.807) is 0 Å². The number of sulfone groups is 1. The normalized spacial score (nSPS) is 31.5. The van der Waals surface area contributed by atoms with Crippen LogP contribution in [0.3, 0.4) is 0 Å². The predicted octanol–water partition coefficient (Wildman–Crippen LogP) is 0.312. The Balaban J connectivity index is 1.55. The molecule has 10 nitrogen and oxygen atoms in total. The van der Waals surface area contributed by atoms with E-state index in [0.717, 1.165) is 11.3 Å². The number of likely N-dealkylation sites (N-methyl/N-ethyl adjacent to an activating group) is 1. The van der Waals surface area contributed by atoms with Crippen LogP contribution in [0, 0.1) is 11.3 Å². The van der Waals surface area contributed by atoms with Crippen LogP contribution in [0.5, 0.6) is 0 Å². The van der Waals surface area contributed by atoms with E-state index in [9.17, 15) is 27.6 Å². The van der Waals surface area contributed by atoms with Gasteiger partial charge in [0.25, 0.3) is 11.8 Å². The number of amides is 4. The van der Waals surface area contributed by atoms with Crippen molar-refractivity contribution in [3.63, 3.8) is 0 Å². The molecule has 0 aromatic heterocycles. The molecular weight excluding hydrogens is 426 g/mol. The molecule has 174 valence electrons. The molecule has 3 fully saturated rings. The van der Waals surface area contributed by atoms with Crippen molar-refractivity contribution in [3.05, 3.63) is 0 Å². The lowest BCUT2D eigenvalue weighted by Gasteiger charge is -2.43. The number of imide groups is 1. The summed E-state index contributed by atoms with van der Waals surface area (Å²) in [6, 6.07) is -1.08. The molecule has 31 heavy (non-hydrogen) atoms. The minimum absolute atomic E-state index is 0.0262. The largest absolute Gasteiger partial charge is 0.454 e. The van der Waals surface area contributed by atoms with Crippen molar-refractivity contribution in [1.29, 1.82) is 0 Å². The first-order valence-electron chi connectivity index (χ1n) is 10.5. The fourth-order valence-electron chi connectivity index (χ4n) is 5.35. The zero-order valence-corrected chi connectivity index (χ0v) is 19.3. The summed E-state index contributed by atoms with van der Waals surface area (Å²) in [6.07, 6.45) is 2.30. The Morgan fingerprint density at radius 2 is 1.94 bits per heavy atom. The Bertz CT molecular complexity index is 900. The smallest absolute Gasteiger partial charge is 0.326 e.